The van der Waals surface area contributed by atoms with E-state index in [0.29, 0.717) is 11.1 Å². The summed E-state index contributed by atoms with van der Waals surface area (Å²) in [5.74, 6) is 0. The van der Waals surface area contributed by atoms with Crippen LogP contribution in [0.3, 0.4) is 0 Å². The molecular formula is C31H29N3O3S2. The van der Waals surface area contributed by atoms with E-state index >= 15 is 0 Å². The van der Waals surface area contributed by atoms with E-state index in [-0.39, 0.29) is 4.90 Å². The molecule has 0 saturated heterocycles. The van der Waals surface area contributed by atoms with Crippen LogP contribution in [0.5, 0.6) is 0 Å². The van der Waals surface area contributed by atoms with Crippen molar-refractivity contribution in [2.45, 2.75) is 39.1 Å². The molecule has 0 amide bonds. The molecule has 3 heterocycles. The molecule has 0 unspecified atom stereocenters. The van der Waals surface area contributed by atoms with Gasteiger partial charge in [-0.3, -0.25) is 0 Å². The highest BCUT2D eigenvalue weighted by molar-refractivity contribution is 7.85. The Morgan fingerprint density at radius 1 is 0.846 bits per heavy atom. The van der Waals surface area contributed by atoms with Gasteiger partial charge in [-0.2, -0.15) is 0 Å². The summed E-state index contributed by atoms with van der Waals surface area (Å²) in [5, 5.41) is 7.12. The SMILES string of the molecule is Cc1cc(C)c(S(=O)(=O)[O-])c(C)c1.Cc1cc2n(nc1-c1cccs1)c1ccccc1[n+]2Cc1ccccc1. The zero-order chi connectivity index (χ0) is 27.7. The highest BCUT2D eigenvalue weighted by Crippen LogP contribution is 2.27. The molecule has 0 spiro atoms. The van der Waals surface area contributed by atoms with E-state index in [0.717, 1.165) is 29.0 Å². The fourth-order valence-corrected chi connectivity index (χ4v) is 6.75. The van der Waals surface area contributed by atoms with Gasteiger partial charge in [-0.25, -0.2) is 13.0 Å². The summed E-state index contributed by atoms with van der Waals surface area (Å²) in [7, 11) is -4.33. The number of imidazole rings is 1. The summed E-state index contributed by atoms with van der Waals surface area (Å²) in [6, 6.07) is 28.9. The number of aryl methyl sites for hydroxylation is 4. The standard InChI is InChI=1S/C22H18N3S.C9H12O3S/c1-16-14-21-24(15-17-8-3-2-4-9-17)18-10-5-6-11-19(18)25(21)23-22(16)20-12-7-13-26-20;1-6-4-7(2)9(8(3)5-6)13(10,11)12/h2-14H,15H2,1H3;4-5H,1-3H3,(H,10,11,12)/q+1;/p-1. The van der Waals surface area contributed by atoms with Crippen LogP contribution in [-0.4, -0.2) is 22.6 Å². The van der Waals surface area contributed by atoms with Gasteiger partial charge in [-0.15, -0.1) is 11.3 Å². The number of hydrogen-bond donors (Lipinski definition) is 0. The predicted molar refractivity (Wildman–Crippen MR) is 155 cm³/mol. The third-order valence-electron chi connectivity index (χ3n) is 6.61. The third-order valence-corrected chi connectivity index (χ3v) is 8.63. The molecule has 198 valence electrons. The number of thiophene rings is 1. The normalized spacial score (nSPS) is 11.5. The van der Waals surface area contributed by atoms with Crippen LogP contribution in [-0.2, 0) is 16.7 Å². The molecule has 0 aliphatic rings. The van der Waals surface area contributed by atoms with Crippen LogP contribution in [0.15, 0.2) is 95.2 Å². The van der Waals surface area contributed by atoms with Crippen LogP contribution in [0, 0.1) is 27.7 Å². The highest BCUT2D eigenvalue weighted by Gasteiger charge is 2.22. The van der Waals surface area contributed by atoms with Crippen LogP contribution >= 0.6 is 11.3 Å². The van der Waals surface area contributed by atoms with Crippen molar-refractivity contribution < 1.29 is 17.5 Å². The number of nitrogens with zero attached hydrogens (tertiary/aromatic N) is 3. The second kappa shape index (κ2) is 10.7. The maximum atomic E-state index is 10.8. The van der Waals surface area contributed by atoms with Gasteiger partial charge in [-0.05, 0) is 73.5 Å². The molecule has 39 heavy (non-hydrogen) atoms. The molecule has 0 bridgehead atoms. The van der Waals surface area contributed by atoms with Gasteiger partial charge < -0.3 is 4.55 Å². The Labute approximate surface area is 232 Å². The average Bonchev–Trinajstić information content (AvgIpc) is 3.50. The summed E-state index contributed by atoms with van der Waals surface area (Å²) < 4.78 is 36.9. The summed E-state index contributed by atoms with van der Waals surface area (Å²) in [4.78, 5) is 1.12. The minimum atomic E-state index is -4.33. The summed E-state index contributed by atoms with van der Waals surface area (Å²) in [6.45, 7) is 8.10. The molecule has 0 radical (unpaired) electrons. The van der Waals surface area contributed by atoms with Crippen molar-refractivity contribution in [2.24, 2.45) is 0 Å². The Kier molecular flexibility index (Phi) is 7.36. The second-order valence-corrected chi connectivity index (χ2v) is 11.9. The van der Waals surface area contributed by atoms with E-state index in [1.165, 1.54) is 21.5 Å². The number of hydrogen-bond acceptors (Lipinski definition) is 5. The zero-order valence-corrected chi connectivity index (χ0v) is 23.9. The number of aromatic nitrogens is 3. The summed E-state index contributed by atoms with van der Waals surface area (Å²) in [5.41, 5.74) is 9.00. The lowest BCUT2D eigenvalue weighted by Crippen LogP contribution is -2.34. The monoisotopic (exact) mass is 555 g/mol. The van der Waals surface area contributed by atoms with Gasteiger partial charge in [0.15, 0.2) is 5.52 Å². The van der Waals surface area contributed by atoms with Crippen LogP contribution in [0.4, 0.5) is 0 Å². The first kappa shape index (κ1) is 26.7. The van der Waals surface area contributed by atoms with Crippen LogP contribution in [0.1, 0.15) is 27.8 Å². The maximum absolute atomic E-state index is 10.8. The van der Waals surface area contributed by atoms with Crippen molar-refractivity contribution in [1.29, 1.82) is 0 Å². The second-order valence-electron chi connectivity index (χ2n) is 9.67. The zero-order valence-electron chi connectivity index (χ0n) is 22.3. The van der Waals surface area contributed by atoms with Crippen molar-refractivity contribution in [1.82, 2.24) is 9.61 Å². The number of fused-ring (bicyclic) bond motifs is 3. The third kappa shape index (κ3) is 5.49. The smallest absolute Gasteiger partial charge is 0.308 e. The number of rotatable bonds is 4. The average molecular weight is 556 g/mol. The molecular weight excluding hydrogens is 526 g/mol. The molecule has 3 aromatic heterocycles. The fraction of sp³-hybridized carbons (Fsp3) is 0.161. The van der Waals surface area contributed by atoms with E-state index in [1.54, 1.807) is 37.3 Å². The molecule has 6 rings (SSSR count). The fourth-order valence-electron chi connectivity index (χ4n) is 5.07. The van der Waals surface area contributed by atoms with Gasteiger partial charge in [0.1, 0.15) is 22.4 Å². The Bertz CT molecular complexity index is 1870. The predicted octanol–water partition coefficient (Wildman–Crippen LogP) is 6.38. The quantitative estimate of drug-likeness (QED) is 0.187. The van der Waals surface area contributed by atoms with Gasteiger partial charge in [0, 0.05) is 6.07 Å². The molecule has 0 N–H and O–H groups in total. The number of para-hydroxylation sites is 2. The van der Waals surface area contributed by atoms with Crippen molar-refractivity contribution in [3.05, 3.63) is 118 Å². The Morgan fingerprint density at radius 2 is 1.51 bits per heavy atom. The van der Waals surface area contributed by atoms with E-state index in [9.17, 15) is 13.0 Å². The molecule has 0 aliphatic carbocycles. The van der Waals surface area contributed by atoms with Gasteiger partial charge in [-0.1, -0.05) is 75.8 Å². The van der Waals surface area contributed by atoms with Crippen LogP contribution < -0.4 is 4.57 Å². The van der Waals surface area contributed by atoms with E-state index in [1.807, 2.05) is 6.92 Å². The molecule has 3 aromatic carbocycles. The molecule has 0 atom stereocenters. The van der Waals surface area contributed by atoms with Crippen molar-refractivity contribution in [3.8, 4) is 10.6 Å². The summed E-state index contributed by atoms with van der Waals surface area (Å²) >= 11 is 1.73. The molecule has 6 aromatic rings. The van der Waals surface area contributed by atoms with E-state index in [2.05, 4.69) is 94.2 Å². The molecule has 6 nitrogen and oxygen atoms in total. The lowest BCUT2D eigenvalue weighted by molar-refractivity contribution is -0.636. The first-order valence-electron chi connectivity index (χ1n) is 12.6. The molecule has 0 aliphatic heterocycles. The summed E-state index contributed by atoms with van der Waals surface area (Å²) in [6.07, 6.45) is 0. The van der Waals surface area contributed by atoms with Gasteiger partial charge in [0.2, 0.25) is 5.52 Å². The molecule has 8 heteroatoms. The van der Waals surface area contributed by atoms with Crippen LogP contribution in [0.25, 0.3) is 27.3 Å². The number of benzene rings is 3. The maximum Gasteiger partial charge on any atom is 0.308 e. The van der Waals surface area contributed by atoms with Crippen molar-refractivity contribution >= 4 is 38.1 Å². The molecule has 0 fully saturated rings. The minimum Gasteiger partial charge on any atom is -0.744 e. The van der Waals surface area contributed by atoms with Gasteiger partial charge in [0.25, 0.3) is 0 Å². The van der Waals surface area contributed by atoms with Crippen LogP contribution in [0.2, 0.25) is 0 Å². The lowest BCUT2D eigenvalue weighted by atomic mass is 10.1. The molecule has 0 saturated carbocycles. The largest absolute Gasteiger partial charge is 0.744 e. The van der Waals surface area contributed by atoms with Gasteiger partial charge >= 0.3 is 5.65 Å². The van der Waals surface area contributed by atoms with E-state index in [4.69, 9.17) is 5.10 Å². The highest BCUT2D eigenvalue weighted by atomic mass is 32.2. The Balaban J connectivity index is 0.000000201. The van der Waals surface area contributed by atoms with Crippen molar-refractivity contribution in [2.75, 3.05) is 0 Å². The Morgan fingerprint density at radius 3 is 2.15 bits per heavy atom. The first-order chi connectivity index (χ1) is 18.6. The van der Waals surface area contributed by atoms with Gasteiger partial charge in [0.05, 0.1) is 9.77 Å². The first-order valence-corrected chi connectivity index (χ1v) is 14.8. The minimum absolute atomic E-state index is 0.0851. The lowest BCUT2D eigenvalue weighted by Gasteiger charge is -2.14. The topological polar surface area (TPSA) is 78.4 Å². The van der Waals surface area contributed by atoms with Crippen molar-refractivity contribution in [3.63, 3.8) is 0 Å². The van der Waals surface area contributed by atoms with E-state index < -0.39 is 10.1 Å². The Hall–Kier alpha value is -3.85.